The molecule has 1 amide bonds. The third kappa shape index (κ3) is 5.28. The summed E-state index contributed by atoms with van der Waals surface area (Å²) in [4.78, 5) is 14.5. The Morgan fingerprint density at radius 2 is 1.79 bits per heavy atom. The summed E-state index contributed by atoms with van der Waals surface area (Å²) in [5.74, 6) is 1.96. The van der Waals surface area contributed by atoms with Crippen LogP contribution in [-0.2, 0) is 11.3 Å². The maximum absolute atomic E-state index is 12.7. The molecule has 34 heavy (non-hydrogen) atoms. The molecule has 0 bridgehead atoms. The Morgan fingerprint density at radius 3 is 2.41 bits per heavy atom. The highest BCUT2D eigenvalue weighted by Crippen LogP contribution is 2.40. The molecule has 8 heteroatoms. The molecule has 0 aliphatic carbocycles. The fourth-order valence-electron chi connectivity index (χ4n) is 3.92. The van der Waals surface area contributed by atoms with E-state index in [2.05, 4.69) is 10.3 Å². The van der Waals surface area contributed by atoms with Gasteiger partial charge >= 0.3 is 0 Å². The van der Waals surface area contributed by atoms with Crippen LogP contribution in [0, 0.1) is 0 Å². The molecule has 1 aliphatic heterocycles. The molecule has 0 N–H and O–H groups in total. The SMILES string of the molecule is COc1cc(OC)c(C2=CCN(C(=O)/C=C/c3cn(Cc4ccccc4)nn3)CC2)c(OC)c1. The van der Waals surface area contributed by atoms with Gasteiger partial charge in [0.2, 0.25) is 5.91 Å². The van der Waals surface area contributed by atoms with Crippen LogP contribution in [0.25, 0.3) is 11.6 Å². The van der Waals surface area contributed by atoms with Gasteiger partial charge in [-0.15, -0.1) is 5.10 Å². The molecule has 0 unspecified atom stereocenters. The highest BCUT2D eigenvalue weighted by Gasteiger charge is 2.22. The second-order valence-corrected chi connectivity index (χ2v) is 7.83. The average molecular weight is 461 g/mol. The number of benzene rings is 2. The van der Waals surface area contributed by atoms with E-state index in [1.165, 1.54) is 0 Å². The number of methoxy groups -OCH3 is 3. The van der Waals surface area contributed by atoms with E-state index in [-0.39, 0.29) is 5.91 Å². The molecule has 4 rings (SSSR count). The largest absolute Gasteiger partial charge is 0.496 e. The molecule has 0 saturated heterocycles. The summed E-state index contributed by atoms with van der Waals surface area (Å²) in [6, 6.07) is 13.7. The number of amides is 1. The molecular weight excluding hydrogens is 432 g/mol. The van der Waals surface area contributed by atoms with Gasteiger partial charge in [0.05, 0.1) is 39.6 Å². The zero-order valence-corrected chi connectivity index (χ0v) is 19.6. The van der Waals surface area contributed by atoms with Gasteiger partial charge in [0.15, 0.2) is 0 Å². The van der Waals surface area contributed by atoms with Crippen molar-refractivity contribution in [3.8, 4) is 17.2 Å². The second kappa shape index (κ2) is 10.7. The molecule has 0 fully saturated rings. The third-order valence-corrected chi connectivity index (χ3v) is 5.70. The van der Waals surface area contributed by atoms with Crippen molar-refractivity contribution in [1.29, 1.82) is 0 Å². The summed E-state index contributed by atoms with van der Waals surface area (Å²) in [5.41, 5.74) is 3.75. The molecule has 1 aromatic heterocycles. The molecule has 1 aliphatic rings. The van der Waals surface area contributed by atoms with E-state index in [1.807, 2.05) is 54.7 Å². The number of carbonyl (C=O) groups excluding carboxylic acids is 1. The predicted octanol–water partition coefficient (Wildman–Crippen LogP) is 3.68. The quantitative estimate of drug-likeness (QED) is 0.477. The van der Waals surface area contributed by atoms with Crippen LogP contribution in [-0.4, -0.2) is 60.2 Å². The Bertz CT molecular complexity index is 1180. The smallest absolute Gasteiger partial charge is 0.246 e. The minimum Gasteiger partial charge on any atom is -0.496 e. The van der Waals surface area contributed by atoms with Gasteiger partial charge in [0, 0.05) is 31.3 Å². The first-order chi connectivity index (χ1) is 16.6. The fraction of sp³-hybridized carbons (Fsp3) is 0.269. The Balaban J connectivity index is 1.41. The number of rotatable bonds is 8. The van der Waals surface area contributed by atoms with Gasteiger partial charge in [-0.1, -0.05) is 41.6 Å². The van der Waals surface area contributed by atoms with Crippen molar-refractivity contribution in [1.82, 2.24) is 19.9 Å². The van der Waals surface area contributed by atoms with E-state index < -0.39 is 0 Å². The first-order valence-electron chi connectivity index (χ1n) is 11.0. The summed E-state index contributed by atoms with van der Waals surface area (Å²) in [6.45, 7) is 1.72. The lowest BCUT2D eigenvalue weighted by Gasteiger charge is -2.27. The molecule has 3 aromatic rings. The van der Waals surface area contributed by atoms with Gasteiger partial charge in [-0.3, -0.25) is 4.79 Å². The first kappa shape index (κ1) is 23.1. The minimum atomic E-state index is -0.0680. The standard InChI is InChI=1S/C26H28N4O4/c1-32-22-15-23(33-2)26(24(16-22)34-3)20-11-13-29(14-12-20)25(31)10-9-21-18-30(28-27-21)17-19-7-5-4-6-8-19/h4-11,15-16,18H,12-14,17H2,1-3H3/b10-9+. The van der Waals surface area contributed by atoms with Crippen LogP contribution < -0.4 is 14.2 Å². The van der Waals surface area contributed by atoms with Gasteiger partial charge < -0.3 is 19.1 Å². The second-order valence-electron chi connectivity index (χ2n) is 7.83. The Labute approximate surface area is 199 Å². The molecule has 8 nitrogen and oxygen atoms in total. The molecule has 2 aromatic carbocycles. The maximum Gasteiger partial charge on any atom is 0.246 e. The van der Waals surface area contributed by atoms with Crippen LogP contribution in [0.15, 0.2) is 60.8 Å². The third-order valence-electron chi connectivity index (χ3n) is 5.70. The number of nitrogens with zero attached hydrogens (tertiary/aromatic N) is 4. The average Bonchev–Trinajstić information content (AvgIpc) is 3.34. The van der Waals surface area contributed by atoms with E-state index in [0.29, 0.717) is 49.0 Å². The number of hydrogen-bond donors (Lipinski definition) is 0. The first-order valence-corrected chi connectivity index (χ1v) is 11.0. The van der Waals surface area contributed by atoms with E-state index >= 15 is 0 Å². The summed E-state index contributed by atoms with van der Waals surface area (Å²) in [7, 11) is 4.85. The fourth-order valence-corrected chi connectivity index (χ4v) is 3.92. The molecule has 176 valence electrons. The van der Waals surface area contributed by atoms with Crippen LogP contribution in [0.1, 0.15) is 23.2 Å². The van der Waals surface area contributed by atoms with Crippen molar-refractivity contribution in [2.75, 3.05) is 34.4 Å². The number of ether oxygens (including phenoxy) is 3. The van der Waals surface area contributed by atoms with Crippen LogP contribution in [0.5, 0.6) is 17.2 Å². The Morgan fingerprint density at radius 1 is 1.06 bits per heavy atom. The summed E-state index contributed by atoms with van der Waals surface area (Å²) in [6.07, 6.45) is 7.80. The van der Waals surface area contributed by atoms with Crippen molar-refractivity contribution >= 4 is 17.6 Å². The lowest BCUT2D eigenvalue weighted by Crippen LogP contribution is -2.33. The minimum absolute atomic E-state index is 0.0680. The van der Waals surface area contributed by atoms with Crippen molar-refractivity contribution in [3.63, 3.8) is 0 Å². The monoisotopic (exact) mass is 460 g/mol. The van der Waals surface area contributed by atoms with Gasteiger partial charge in [0.25, 0.3) is 0 Å². The van der Waals surface area contributed by atoms with Gasteiger partial charge in [-0.05, 0) is 23.6 Å². The topological polar surface area (TPSA) is 78.7 Å². The van der Waals surface area contributed by atoms with E-state index in [9.17, 15) is 4.79 Å². The highest BCUT2D eigenvalue weighted by atomic mass is 16.5. The van der Waals surface area contributed by atoms with E-state index in [4.69, 9.17) is 14.2 Å². The predicted molar refractivity (Wildman–Crippen MR) is 130 cm³/mol. The highest BCUT2D eigenvalue weighted by molar-refractivity contribution is 5.92. The lowest BCUT2D eigenvalue weighted by atomic mass is 9.97. The van der Waals surface area contributed by atoms with E-state index in [1.54, 1.807) is 43.1 Å². The Kier molecular flexibility index (Phi) is 7.27. The lowest BCUT2D eigenvalue weighted by molar-refractivity contribution is -0.125. The van der Waals surface area contributed by atoms with Crippen molar-refractivity contribution in [2.45, 2.75) is 13.0 Å². The van der Waals surface area contributed by atoms with Gasteiger partial charge in [0.1, 0.15) is 22.9 Å². The molecule has 0 radical (unpaired) electrons. The molecular formula is C26H28N4O4. The van der Waals surface area contributed by atoms with E-state index in [0.717, 1.165) is 16.7 Å². The van der Waals surface area contributed by atoms with Crippen LogP contribution in [0.2, 0.25) is 0 Å². The van der Waals surface area contributed by atoms with Gasteiger partial charge in [-0.2, -0.15) is 0 Å². The van der Waals surface area contributed by atoms with Crippen molar-refractivity contribution in [2.24, 2.45) is 0 Å². The molecule has 0 atom stereocenters. The van der Waals surface area contributed by atoms with Crippen LogP contribution >= 0.6 is 0 Å². The number of carbonyl (C=O) groups is 1. The molecule has 0 saturated carbocycles. The number of hydrogen-bond acceptors (Lipinski definition) is 6. The van der Waals surface area contributed by atoms with Crippen LogP contribution in [0.4, 0.5) is 0 Å². The zero-order valence-electron chi connectivity index (χ0n) is 19.6. The Hall–Kier alpha value is -4.07. The molecule has 0 spiro atoms. The maximum atomic E-state index is 12.7. The normalized spacial score (nSPS) is 13.6. The van der Waals surface area contributed by atoms with Crippen molar-refractivity contribution in [3.05, 3.63) is 77.6 Å². The molecule has 2 heterocycles. The summed E-state index contributed by atoms with van der Waals surface area (Å²) in [5, 5.41) is 8.28. The summed E-state index contributed by atoms with van der Waals surface area (Å²) < 4.78 is 18.2. The summed E-state index contributed by atoms with van der Waals surface area (Å²) >= 11 is 0. The zero-order chi connectivity index (χ0) is 23.9. The van der Waals surface area contributed by atoms with Gasteiger partial charge in [-0.25, -0.2) is 4.68 Å². The van der Waals surface area contributed by atoms with Crippen molar-refractivity contribution < 1.29 is 19.0 Å². The van der Waals surface area contributed by atoms with Crippen LogP contribution in [0.3, 0.4) is 0 Å². The number of aromatic nitrogens is 3.